The van der Waals surface area contributed by atoms with Crippen LogP contribution in [0.3, 0.4) is 0 Å². The predicted octanol–water partition coefficient (Wildman–Crippen LogP) is 2.86. The minimum Gasteiger partial charge on any atom is -0.289 e. The molecule has 0 unspecified atom stereocenters. The third-order valence-corrected chi connectivity index (χ3v) is 2.06. The summed E-state index contributed by atoms with van der Waals surface area (Å²) in [5, 5.41) is 0. The highest BCUT2D eigenvalue weighted by atomic mass is 19.1. The van der Waals surface area contributed by atoms with Gasteiger partial charge in [0.1, 0.15) is 5.82 Å². The van der Waals surface area contributed by atoms with E-state index in [2.05, 4.69) is 6.07 Å². The van der Waals surface area contributed by atoms with Crippen LogP contribution in [-0.2, 0) is 0 Å². The second-order valence-electron chi connectivity index (χ2n) is 3.11. The van der Waals surface area contributed by atoms with Crippen molar-refractivity contribution in [2.24, 2.45) is 0 Å². The molecule has 73 valence electrons. The van der Waals surface area contributed by atoms with E-state index in [9.17, 15) is 9.18 Å². The Labute approximate surface area is 87.2 Å². The van der Waals surface area contributed by atoms with Crippen molar-refractivity contribution >= 4 is 5.78 Å². The van der Waals surface area contributed by atoms with Gasteiger partial charge in [0.25, 0.3) is 0 Å². The van der Waals surface area contributed by atoms with Gasteiger partial charge in [-0.1, -0.05) is 24.3 Å². The summed E-state index contributed by atoms with van der Waals surface area (Å²) in [5.41, 5.74) is 0.961. The number of ketones is 1. The Kier molecular flexibility index (Phi) is 2.59. The zero-order valence-electron chi connectivity index (χ0n) is 7.91. The maximum atomic E-state index is 12.6. The molecule has 0 aliphatic carbocycles. The molecule has 2 heteroatoms. The number of halogens is 1. The topological polar surface area (TPSA) is 17.1 Å². The number of benzene rings is 2. The van der Waals surface area contributed by atoms with E-state index in [0.717, 1.165) is 0 Å². The highest BCUT2D eigenvalue weighted by Gasteiger charge is 2.07. The van der Waals surface area contributed by atoms with Crippen LogP contribution in [0.15, 0.2) is 48.5 Å². The summed E-state index contributed by atoms with van der Waals surface area (Å²) in [6.07, 6.45) is 0. The van der Waals surface area contributed by atoms with Gasteiger partial charge in [-0.25, -0.2) is 4.39 Å². The number of hydrogen-bond acceptors (Lipinski definition) is 1. The first-order chi connectivity index (χ1) is 7.27. The summed E-state index contributed by atoms with van der Waals surface area (Å²) >= 11 is 0. The van der Waals surface area contributed by atoms with E-state index in [4.69, 9.17) is 0 Å². The molecule has 0 saturated heterocycles. The van der Waals surface area contributed by atoms with Crippen LogP contribution in [0.25, 0.3) is 0 Å². The molecule has 0 bridgehead atoms. The van der Waals surface area contributed by atoms with E-state index in [-0.39, 0.29) is 11.6 Å². The first kappa shape index (κ1) is 9.59. The number of carbonyl (C=O) groups excluding carboxylic acids is 1. The molecule has 0 N–H and O–H groups in total. The van der Waals surface area contributed by atoms with Crippen molar-refractivity contribution in [2.45, 2.75) is 0 Å². The molecule has 0 spiro atoms. The fourth-order valence-corrected chi connectivity index (χ4v) is 1.29. The Morgan fingerprint density at radius 3 is 2.40 bits per heavy atom. The molecule has 1 nitrogen and oxygen atoms in total. The summed E-state index contributed by atoms with van der Waals surface area (Å²) in [6, 6.07) is 15.3. The molecule has 0 amide bonds. The third-order valence-electron chi connectivity index (χ3n) is 2.06. The van der Waals surface area contributed by atoms with Gasteiger partial charge in [-0.3, -0.25) is 4.79 Å². The monoisotopic (exact) mass is 199 g/mol. The van der Waals surface area contributed by atoms with Crippen molar-refractivity contribution < 1.29 is 9.18 Å². The Morgan fingerprint density at radius 2 is 1.80 bits per heavy atom. The minimum atomic E-state index is -0.344. The summed E-state index contributed by atoms with van der Waals surface area (Å²) in [6.45, 7) is 0. The average Bonchev–Trinajstić information content (AvgIpc) is 2.30. The summed E-state index contributed by atoms with van der Waals surface area (Å²) in [7, 11) is 0. The first-order valence-corrected chi connectivity index (χ1v) is 4.54. The molecule has 0 aliphatic rings. The van der Waals surface area contributed by atoms with Crippen LogP contribution in [0.1, 0.15) is 15.9 Å². The van der Waals surface area contributed by atoms with Crippen molar-refractivity contribution in [1.29, 1.82) is 0 Å². The molecule has 0 atom stereocenters. The number of rotatable bonds is 2. The van der Waals surface area contributed by atoms with Crippen molar-refractivity contribution in [1.82, 2.24) is 0 Å². The molecule has 15 heavy (non-hydrogen) atoms. The summed E-state index contributed by atoms with van der Waals surface area (Å²) in [4.78, 5) is 11.8. The van der Waals surface area contributed by atoms with Crippen LogP contribution in [0.5, 0.6) is 0 Å². The molecule has 1 radical (unpaired) electrons. The molecule has 0 heterocycles. The third kappa shape index (κ3) is 2.10. The Morgan fingerprint density at radius 1 is 1.07 bits per heavy atom. The molecular weight excluding hydrogens is 191 g/mol. The standard InChI is InChI=1S/C13H8FO/c14-12-8-6-11(7-9-12)13(15)10-4-2-1-3-5-10/h1-4,6-9H. The molecule has 0 saturated carbocycles. The van der Waals surface area contributed by atoms with Crippen LogP contribution < -0.4 is 0 Å². The van der Waals surface area contributed by atoms with Crippen LogP contribution in [0, 0.1) is 11.9 Å². The zero-order valence-corrected chi connectivity index (χ0v) is 7.91. The Bertz CT molecular complexity index is 460. The lowest BCUT2D eigenvalue weighted by molar-refractivity contribution is 0.103. The summed E-state index contributed by atoms with van der Waals surface area (Å²) < 4.78 is 12.6. The van der Waals surface area contributed by atoms with E-state index < -0.39 is 0 Å². The lowest BCUT2D eigenvalue weighted by Crippen LogP contribution is -2.00. The average molecular weight is 199 g/mol. The van der Waals surface area contributed by atoms with E-state index in [0.29, 0.717) is 11.1 Å². The quantitative estimate of drug-likeness (QED) is 0.680. The molecular formula is C13H8FO. The van der Waals surface area contributed by atoms with E-state index in [1.807, 2.05) is 0 Å². The molecule has 2 aromatic carbocycles. The SMILES string of the molecule is O=C(c1[c]cccc1)c1ccc(F)cc1. The van der Waals surface area contributed by atoms with Crippen molar-refractivity contribution in [3.05, 3.63) is 71.5 Å². The van der Waals surface area contributed by atoms with Crippen molar-refractivity contribution in [3.63, 3.8) is 0 Å². The van der Waals surface area contributed by atoms with Crippen molar-refractivity contribution in [3.8, 4) is 0 Å². The Balaban J connectivity index is 2.33. The largest absolute Gasteiger partial charge is 0.289 e. The van der Waals surface area contributed by atoms with Crippen LogP contribution >= 0.6 is 0 Å². The van der Waals surface area contributed by atoms with Gasteiger partial charge in [-0.05, 0) is 30.3 Å². The van der Waals surface area contributed by atoms with Crippen LogP contribution in [0.2, 0.25) is 0 Å². The van der Waals surface area contributed by atoms with Gasteiger partial charge in [-0.15, -0.1) is 0 Å². The van der Waals surface area contributed by atoms with Gasteiger partial charge >= 0.3 is 0 Å². The van der Waals surface area contributed by atoms with Gasteiger partial charge in [0, 0.05) is 11.1 Å². The summed E-state index contributed by atoms with van der Waals surface area (Å²) in [5.74, 6) is -0.487. The van der Waals surface area contributed by atoms with Gasteiger partial charge < -0.3 is 0 Å². The Hall–Kier alpha value is -1.96. The van der Waals surface area contributed by atoms with Gasteiger partial charge in [-0.2, -0.15) is 0 Å². The predicted molar refractivity (Wildman–Crippen MR) is 55.1 cm³/mol. The fourth-order valence-electron chi connectivity index (χ4n) is 1.29. The fraction of sp³-hybridized carbons (Fsp3) is 0. The first-order valence-electron chi connectivity index (χ1n) is 4.54. The van der Waals surface area contributed by atoms with Crippen LogP contribution in [0.4, 0.5) is 4.39 Å². The molecule has 0 fully saturated rings. The molecule has 0 aliphatic heterocycles. The van der Waals surface area contributed by atoms with E-state index in [1.54, 1.807) is 24.3 Å². The molecule has 2 aromatic rings. The van der Waals surface area contributed by atoms with E-state index >= 15 is 0 Å². The second kappa shape index (κ2) is 4.05. The highest BCUT2D eigenvalue weighted by Crippen LogP contribution is 2.09. The maximum absolute atomic E-state index is 12.6. The second-order valence-corrected chi connectivity index (χ2v) is 3.11. The highest BCUT2D eigenvalue weighted by molar-refractivity contribution is 6.08. The van der Waals surface area contributed by atoms with Crippen LogP contribution in [-0.4, -0.2) is 5.78 Å². The van der Waals surface area contributed by atoms with Crippen molar-refractivity contribution in [2.75, 3.05) is 0 Å². The maximum Gasteiger partial charge on any atom is 0.193 e. The lowest BCUT2D eigenvalue weighted by Gasteiger charge is -1.99. The van der Waals surface area contributed by atoms with Gasteiger partial charge in [0.2, 0.25) is 0 Å². The number of carbonyl (C=O) groups is 1. The van der Waals surface area contributed by atoms with Gasteiger partial charge in [0.05, 0.1) is 0 Å². The van der Waals surface area contributed by atoms with E-state index in [1.165, 1.54) is 24.3 Å². The minimum absolute atomic E-state index is 0.143. The zero-order chi connectivity index (χ0) is 10.7. The van der Waals surface area contributed by atoms with Gasteiger partial charge in [0.15, 0.2) is 5.78 Å². The number of hydrogen-bond donors (Lipinski definition) is 0. The smallest absolute Gasteiger partial charge is 0.193 e. The molecule has 0 aromatic heterocycles. The lowest BCUT2D eigenvalue weighted by atomic mass is 10.0. The normalized spacial score (nSPS) is 9.93. The molecule has 2 rings (SSSR count).